The molecule has 1 heterocycles. The van der Waals surface area contributed by atoms with Crippen molar-refractivity contribution in [2.75, 3.05) is 44.4 Å². The van der Waals surface area contributed by atoms with Gasteiger partial charge in [0, 0.05) is 13.1 Å². The topological polar surface area (TPSA) is 116 Å². The van der Waals surface area contributed by atoms with Crippen molar-refractivity contribution in [1.82, 2.24) is 10.2 Å². The zero-order valence-electron chi connectivity index (χ0n) is 10.9. The molecule has 8 nitrogen and oxygen atoms in total. The van der Waals surface area contributed by atoms with Gasteiger partial charge in [0.1, 0.15) is 0 Å². The van der Waals surface area contributed by atoms with Crippen molar-refractivity contribution in [3.63, 3.8) is 0 Å². The predicted octanol–water partition coefficient (Wildman–Crippen LogP) is -1.86. The molecule has 0 radical (unpaired) electrons. The van der Waals surface area contributed by atoms with Gasteiger partial charge in [0.15, 0.2) is 6.10 Å². The largest absolute Gasteiger partial charge is 0.479 e. The molecular formula is C11H18N2O6S. The molecule has 0 aliphatic carbocycles. The van der Waals surface area contributed by atoms with Gasteiger partial charge in [-0.1, -0.05) is 0 Å². The van der Waals surface area contributed by atoms with Crippen LogP contribution in [0.4, 0.5) is 0 Å². The highest BCUT2D eigenvalue weighted by atomic mass is 32.2. The first-order valence-corrected chi connectivity index (χ1v) is 7.27. The number of aliphatic hydroxyl groups is 1. The van der Waals surface area contributed by atoms with E-state index in [0.29, 0.717) is 26.3 Å². The number of carbonyl (C=O) groups excluding carboxylic acids is 2. The Labute approximate surface area is 120 Å². The van der Waals surface area contributed by atoms with Crippen molar-refractivity contribution in [2.24, 2.45) is 0 Å². The summed E-state index contributed by atoms with van der Waals surface area (Å²) in [5, 5.41) is 19.7. The molecule has 1 atom stereocenters. The number of carboxylic acid groups (broad SMARTS) is 1. The number of morpholine rings is 1. The quantitative estimate of drug-likeness (QED) is 0.505. The molecule has 1 unspecified atom stereocenters. The first-order chi connectivity index (χ1) is 9.50. The number of nitrogens with one attached hydrogen (secondary N) is 1. The smallest absolute Gasteiger partial charge is 0.334 e. The van der Waals surface area contributed by atoms with Crippen LogP contribution in [0.25, 0.3) is 0 Å². The Hall–Kier alpha value is -1.32. The summed E-state index contributed by atoms with van der Waals surface area (Å²) in [6.07, 6.45) is -1.61. The number of nitrogens with zero attached hydrogens (tertiary/aromatic N) is 1. The van der Waals surface area contributed by atoms with E-state index in [0.717, 1.165) is 11.8 Å². The Balaban J connectivity index is 2.12. The molecule has 20 heavy (non-hydrogen) atoms. The average molecular weight is 306 g/mol. The van der Waals surface area contributed by atoms with Crippen LogP contribution in [-0.2, 0) is 19.1 Å². The summed E-state index contributed by atoms with van der Waals surface area (Å²) in [4.78, 5) is 35.1. The van der Waals surface area contributed by atoms with Gasteiger partial charge in [0.05, 0.1) is 31.3 Å². The van der Waals surface area contributed by atoms with Gasteiger partial charge < -0.3 is 25.2 Å². The monoisotopic (exact) mass is 306 g/mol. The lowest BCUT2D eigenvalue weighted by atomic mass is 10.3. The Kier molecular flexibility index (Phi) is 7.34. The summed E-state index contributed by atoms with van der Waals surface area (Å²) < 4.78 is 5.13. The van der Waals surface area contributed by atoms with Crippen LogP contribution in [0.3, 0.4) is 0 Å². The Morgan fingerprint density at radius 3 is 2.50 bits per heavy atom. The number of aliphatic hydroxyl groups excluding tert-OH is 1. The van der Waals surface area contributed by atoms with Gasteiger partial charge in [-0.3, -0.25) is 9.59 Å². The maximum Gasteiger partial charge on any atom is 0.334 e. The number of aliphatic carboxylic acids is 1. The molecule has 0 spiro atoms. The third-order valence-electron chi connectivity index (χ3n) is 2.60. The van der Waals surface area contributed by atoms with Crippen LogP contribution in [0.2, 0.25) is 0 Å². The van der Waals surface area contributed by atoms with E-state index in [9.17, 15) is 14.4 Å². The average Bonchev–Trinajstić information content (AvgIpc) is 2.45. The van der Waals surface area contributed by atoms with Crippen LogP contribution in [-0.4, -0.2) is 83.4 Å². The van der Waals surface area contributed by atoms with Crippen molar-refractivity contribution < 1.29 is 29.3 Å². The fraction of sp³-hybridized carbons (Fsp3) is 0.727. The Bertz CT molecular complexity index is 359. The molecule has 1 rings (SSSR count). The van der Waals surface area contributed by atoms with Crippen molar-refractivity contribution >= 4 is 29.5 Å². The lowest BCUT2D eigenvalue weighted by Gasteiger charge is -2.26. The van der Waals surface area contributed by atoms with E-state index in [1.54, 1.807) is 4.90 Å². The second kappa shape index (κ2) is 8.77. The van der Waals surface area contributed by atoms with E-state index in [2.05, 4.69) is 5.32 Å². The van der Waals surface area contributed by atoms with E-state index >= 15 is 0 Å². The van der Waals surface area contributed by atoms with Crippen LogP contribution in [0.1, 0.15) is 0 Å². The van der Waals surface area contributed by atoms with Gasteiger partial charge in [-0.15, -0.1) is 11.8 Å². The predicted molar refractivity (Wildman–Crippen MR) is 71.4 cm³/mol. The molecule has 114 valence electrons. The first-order valence-electron chi connectivity index (χ1n) is 6.11. The second-order valence-electron chi connectivity index (χ2n) is 4.14. The Morgan fingerprint density at radius 1 is 1.25 bits per heavy atom. The molecule has 1 aliphatic rings. The van der Waals surface area contributed by atoms with Gasteiger partial charge in [-0.25, -0.2) is 4.79 Å². The number of rotatable bonds is 7. The summed E-state index contributed by atoms with van der Waals surface area (Å²) >= 11 is 1.15. The normalized spacial score (nSPS) is 16.6. The first kappa shape index (κ1) is 16.7. The van der Waals surface area contributed by atoms with Gasteiger partial charge in [0.2, 0.25) is 11.8 Å². The molecule has 3 N–H and O–H groups in total. The standard InChI is InChI=1S/C11H18N2O6S/c14-8(11(17)18)5-12-9(15)6-20-7-10(16)13-1-3-19-4-2-13/h8,14H,1-7H2,(H,12,15)(H,17,18). The van der Waals surface area contributed by atoms with Crippen molar-refractivity contribution in [2.45, 2.75) is 6.10 Å². The SMILES string of the molecule is O=C(CSCC(=O)N1CCOCC1)NCC(O)C(=O)O. The van der Waals surface area contributed by atoms with Crippen LogP contribution < -0.4 is 5.32 Å². The van der Waals surface area contributed by atoms with Gasteiger partial charge in [-0.2, -0.15) is 0 Å². The molecular weight excluding hydrogens is 288 g/mol. The molecule has 0 aromatic rings. The maximum atomic E-state index is 11.7. The van der Waals surface area contributed by atoms with E-state index in [1.165, 1.54) is 0 Å². The molecule has 9 heteroatoms. The van der Waals surface area contributed by atoms with Crippen molar-refractivity contribution in [1.29, 1.82) is 0 Å². The molecule has 2 amide bonds. The summed E-state index contributed by atoms with van der Waals surface area (Å²) in [7, 11) is 0. The zero-order valence-corrected chi connectivity index (χ0v) is 11.7. The van der Waals surface area contributed by atoms with Crippen LogP contribution in [0.5, 0.6) is 0 Å². The summed E-state index contributed by atoms with van der Waals surface area (Å²) in [5.74, 6) is -1.61. The number of amides is 2. The lowest BCUT2D eigenvalue weighted by molar-refractivity contribution is -0.146. The highest BCUT2D eigenvalue weighted by Gasteiger charge is 2.17. The highest BCUT2D eigenvalue weighted by molar-refractivity contribution is 8.00. The second-order valence-corrected chi connectivity index (χ2v) is 5.13. The van der Waals surface area contributed by atoms with E-state index in [-0.39, 0.29) is 24.0 Å². The molecule has 1 fully saturated rings. The zero-order chi connectivity index (χ0) is 15.0. The third-order valence-corrected chi connectivity index (χ3v) is 3.52. The van der Waals surface area contributed by atoms with Crippen molar-refractivity contribution in [3.8, 4) is 0 Å². The molecule has 0 aromatic heterocycles. The number of thioether (sulfide) groups is 1. The summed E-state index contributed by atoms with van der Waals surface area (Å²) in [5.41, 5.74) is 0. The summed E-state index contributed by atoms with van der Waals surface area (Å²) in [6.45, 7) is 1.85. The van der Waals surface area contributed by atoms with Crippen LogP contribution in [0.15, 0.2) is 0 Å². The number of ether oxygens (including phenoxy) is 1. The molecule has 0 aromatic carbocycles. The van der Waals surface area contributed by atoms with Gasteiger partial charge >= 0.3 is 5.97 Å². The van der Waals surface area contributed by atoms with Gasteiger partial charge in [-0.05, 0) is 0 Å². The van der Waals surface area contributed by atoms with Gasteiger partial charge in [0.25, 0.3) is 0 Å². The third kappa shape index (κ3) is 6.22. The highest BCUT2D eigenvalue weighted by Crippen LogP contribution is 2.04. The van der Waals surface area contributed by atoms with Crippen LogP contribution in [0, 0.1) is 0 Å². The van der Waals surface area contributed by atoms with E-state index in [4.69, 9.17) is 14.9 Å². The molecule has 0 bridgehead atoms. The fourth-order valence-corrected chi connectivity index (χ4v) is 2.23. The fourth-order valence-electron chi connectivity index (χ4n) is 1.48. The molecule has 0 saturated carbocycles. The minimum Gasteiger partial charge on any atom is -0.479 e. The number of hydrogen-bond acceptors (Lipinski definition) is 6. The minimum absolute atomic E-state index is 0.0441. The van der Waals surface area contributed by atoms with Crippen molar-refractivity contribution in [3.05, 3.63) is 0 Å². The molecule has 1 saturated heterocycles. The number of hydrogen-bond donors (Lipinski definition) is 3. The van der Waals surface area contributed by atoms with E-state index in [1.807, 2.05) is 0 Å². The number of carboxylic acids is 1. The maximum absolute atomic E-state index is 11.7. The number of carbonyl (C=O) groups is 3. The minimum atomic E-state index is -1.61. The Morgan fingerprint density at radius 2 is 1.90 bits per heavy atom. The van der Waals surface area contributed by atoms with Crippen LogP contribution >= 0.6 is 11.8 Å². The van der Waals surface area contributed by atoms with E-state index < -0.39 is 18.0 Å². The summed E-state index contributed by atoms with van der Waals surface area (Å²) in [6, 6.07) is 0. The molecule has 1 aliphatic heterocycles. The lowest BCUT2D eigenvalue weighted by Crippen LogP contribution is -2.42.